The summed E-state index contributed by atoms with van der Waals surface area (Å²) >= 11 is 0. The van der Waals surface area contributed by atoms with Crippen LogP contribution >= 0.6 is 0 Å². The minimum absolute atomic E-state index is 0.322. The fraction of sp³-hybridized carbons (Fsp3) is 0.200. The maximum absolute atomic E-state index is 9.37. The molecule has 1 unspecified atom stereocenters. The number of rotatable bonds is 4. The van der Waals surface area contributed by atoms with Crippen molar-refractivity contribution in [1.82, 2.24) is 0 Å². The Kier molecular flexibility index (Phi) is 3.49. The van der Waals surface area contributed by atoms with E-state index in [1.54, 1.807) is 24.3 Å². The molecule has 3 nitrogen and oxygen atoms in total. The highest BCUT2D eigenvalue weighted by Gasteiger charge is 2.10. The van der Waals surface area contributed by atoms with Crippen LogP contribution in [0.3, 0.4) is 0 Å². The molecule has 1 atom stereocenters. The van der Waals surface area contributed by atoms with Crippen molar-refractivity contribution in [3.63, 3.8) is 0 Å². The van der Waals surface area contributed by atoms with E-state index in [9.17, 15) is 5.11 Å². The first kappa shape index (κ1) is 9.77. The highest BCUT2D eigenvalue weighted by Crippen LogP contribution is 2.24. The first-order chi connectivity index (χ1) is 6.29. The summed E-state index contributed by atoms with van der Waals surface area (Å²) in [7, 11) is 0. The van der Waals surface area contributed by atoms with Crippen molar-refractivity contribution < 1.29 is 14.9 Å². The van der Waals surface area contributed by atoms with Crippen LogP contribution in [0.25, 0.3) is 0 Å². The van der Waals surface area contributed by atoms with Crippen molar-refractivity contribution in [2.45, 2.75) is 6.10 Å². The van der Waals surface area contributed by atoms with Gasteiger partial charge in [0.25, 0.3) is 0 Å². The second-order valence-electron chi connectivity index (χ2n) is 2.52. The Morgan fingerprint density at radius 1 is 1.46 bits per heavy atom. The molecule has 0 aliphatic heterocycles. The van der Waals surface area contributed by atoms with Crippen LogP contribution in [0.15, 0.2) is 37.1 Å². The Balaban J connectivity index is 2.96. The van der Waals surface area contributed by atoms with Gasteiger partial charge in [-0.3, -0.25) is 0 Å². The Labute approximate surface area is 76.9 Å². The molecule has 2 N–H and O–H groups in total. The van der Waals surface area contributed by atoms with Crippen LogP contribution in [-0.4, -0.2) is 16.8 Å². The van der Waals surface area contributed by atoms with Crippen LogP contribution in [0, 0.1) is 0 Å². The van der Waals surface area contributed by atoms with E-state index in [2.05, 4.69) is 6.58 Å². The third-order valence-electron chi connectivity index (χ3n) is 1.66. The minimum atomic E-state index is -0.906. The van der Waals surface area contributed by atoms with Gasteiger partial charge in [0.2, 0.25) is 0 Å². The summed E-state index contributed by atoms with van der Waals surface area (Å²) in [5, 5.41) is 18.1. The molecule has 1 aromatic rings. The number of hydrogen-bond donors (Lipinski definition) is 2. The first-order valence-corrected chi connectivity index (χ1v) is 3.95. The highest BCUT2D eigenvalue weighted by molar-refractivity contribution is 5.35. The third-order valence-corrected chi connectivity index (χ3v) is 1.66. The summed E-state index contributed by atoms with van der Waals surface area (Å²) in [6.07, 6.45) is 0.374. The van der Waals surface area contributed by atoms with Crippen LogP contribution < -0.4 is 4.74 Å². The average molecular weight is 180 g/mol. The monoisotopic (exact) mass is 180 g/mol. The molecule has 70 valence electrons. The molecule has 1 rings (SSSR count). The molecule has 1 aromatic carbocycles. The largest absolute Gasteiger partial charge is 0.465 e. The molecule has 3 heteroatoms. The average Bonchev–Trinajstić information content (AvgIpc) is 2.18. The van der Waals surface area contributed by atoms with E-state index < -0.39 is 6.10 Å². The van der Waals surface area contributed by atoms with Crippen molar-refractivity contribution in [2.75, 3.05) is 6.61 Å². The van der Waals surface area contributed by atoms with E-state index in [1.165, 1.54) is 6.26 Å². The maximum atomic E-state index is 9.37. The SMILES string of the molecule is C=COc1ccccc1C(O)CO. The second kappa shape index (κ2) is 4.64. The topological polar surface area (TPSA) is 49.7 Å². The lowest BCUT2D eigenvalue weighted by atomic mass is 10.1. The smallest absolute Gasteiger partial charge is 0.132 e. The van der Waals surface area contributed by atoms with E-state index >= 15 is 0 Å². The lowest BCUT2D eigenvalue weighted by Gasteiger charge is -2.11. The normalized spacial score (nSPS) is 12.2. The van der Waals surface area contributed by atoms with Crippen molar-refractivity contribution >= 4 is 0 Å². The number of para-hydroxylation sites is 1. The molecule has 0 saturated heterocycles. The number of ether oxygens (including phenoxy) is 1. The molecule has 0 spiro atoms. The van der Waals surface area contributed by atoms with Crippen LogP contribution in [0.2, 0.25) is 0 Å². The van der Waals surface area contributed by atoms with Crippen molar-refractivity contribution in [3.05, 3.63) is 42.7 Å². The van der Waals surface area contributed by atoms with E-state index in [0.29, 0.717) is 11.3 Å². The van der Waals surface area contributed by atoms with Crippen LogP contribution in [0.5, 0.6) is 5.75 Å². The van der Waals surface area contributed by atoms with E-state index in [-0.39, 0.29) is 6.61 Å². The van der Waals surface area contributed by atoms with Crippen molar-refractivity contribution in [2.24, 2.45) is 0 Å². The van der Waals surface area contributed by atoms with Gasteiger partial charge >= 0.3 is 0 Å². The number of hydrogen-bond acceptors (Lipinski definition) is 3. The lowest BCUT2D eigenvalue weighted by molar-refractivity contribution is 0.0938. The Hall–Kier alpha value is -1.32. The summed E-state index contributed by atoms with van der Waals surface area (Å²) in [6, 6.07) is 6.95. The Bertz CT molecular complexity index is 283. The van der Waals surface area contributed by atoms with Crippen LogP contribution in [0.4, 0.5) is 0 Å². The summed E-state index contributed by atoms with van der Waals surface area (Å²) in [6.45, 7) is 3.09. The number of aliphatic hydroxyl groups is 2. The molecule has 13 heavy (non-hydrogen) atoms. The summed E-state index contributed by atoms with van der Waals surface area (Å²) in [4.78, 5) is 0. The molecule has 0 aliphatic rings. The highest BCUT2D eigenvalue weighted by atomic mass is 16.5. The van der Waals surface area contributed by atoms with Gasteiger partial charge in [0.15, 0.2) is 0 Å². The molecule has 0 fully saturated rings. The number of aliphatic hydroxyl groups excluding tert-OH is 2. The molecule has 0 radical (unpaired) electrons. The molecule has 0 aliphatic carbocycles. The van der Waals surface area contributed by atoms with Crippen molar-refractivity contribution in [1.29, 1.82) is 0 Å². The van der Waals surface area contributed by atoms with Gasteiger partial charge in [-0.1, -0.05) is 24.8 Å². The van der Waals surface area contributed by atoms with Gasteiger partial charge in [0.05, 0.1) is 12.9 Å². The fourth-order valence-corrected chi connectivity index (χ4v) is 1.05. The zero-order valence-electron chi connectivity index (χ0n) is 7.18. The summed E-state index contributed by atoms with van der Waals surface area (Å²) < 4.78 is 5.05. The molecule has 0 saturated carbocycles. The van der Waals surface area contributed by atoms with Gasteiger partial charge in [-0.05, 0) is 6.07 Å². The molecule has 0 heterocycles. The van der Waals surface area contributed by atoms with Crippen LogP contribution in [0.1, 0.15) is 11.7 Å². The third kappa shape index (κ3) is 2.31. The van der Waals surface area contributed by atoms with Gasteiger partial charge < -0.3 is 14.9 Å². The predicted octanol–water partition coefficient (Wildman–Crippen LogP) is 1.23. The predicted molar refractivity (Wildman–Crippen MR) is 49.3 cm³/mol. The zero-order valence-corrected chi connectivity index (χ0v) is 7.18. The minimum Gasteiger partial charge on any atom is -0.465 e. The lowest BCUT2D eigenvalue weighted by Crippen LogP contribution is -2.03. The van der Waals surface area contributed by atoms with E-state index in [4.69, 9.17) is 9.84 Å². The zero-order chi connectivity index (χ0) is 9.68. The van der Waals surface area contributed by atoms with Gasteiger partial charge in [0.1, 0.15) is 11.9 Å². The molecule has 0 bridgehead atoms. The second-order valence-corrected chi connectivity index (χ2v) is 2.52. The Morgan fingerprint density at radius 2 is 2.15 bits per heavy atom. The fourth-order valence-electron chi connectivity index (χ4n) is 1.05. The van der Waals surface area contributed by atoms with Crippen molar-refractivity contribution in [3.8, 4) is 5.75 Å². The molecular weight excluding hydrogens is 168 g/mol. The van der Waals surface area contributed by atoms with Gasteiger partial charge in [0, 0.05) is 5.56 Å². The van der Waals surface area contributed by atoms with Gasteiger partial charge in [-0.2, -0.15) is 0 Å². The quantitative estimate of drug-likeness (QED) is 0.685. The summed E-state index contributed by atoms with van der Waals surface area (Å²) in [5.41, 5.74) is 0.560. The van der Waals surface area contributed by atoms with Crippen LogP contribution in [-0.2, 0) is 0 Å². The first-order valence-electron chi connectivity index (χ1n) is 3.95. The summed E-state index contributed by atoms with van der Waals surface area (Å²) in [5.74, 6) is 0.513. The molecule has 0 aromatic heterocycles. The Morgan fingerprint density at radius 3 is 2.77 bits per heavy atom. The van der Waals surface area contributed by atoms with Gasteiger partial charge in [-0.15, -0.1) is 0 Å². The number of benzene rings is 1. The molecular formula is C10H12O3. The standard InChI is InChI=1S/C10H12O3/c1-2-13-10-6-4-3-5-8(10)9(12)7-11/h2-6,9,11-12H,1,7H2. The molecule has 0 amide bonds. The maximum Gasteiger partial charge on any atom is 0.132 e. The van der Waals surface area contributed by atoms with E-state index in [0.717, 1.165) is 0 Å². The van der Waals surface area contributed by atoms with E-state index in [1.807, 2.05) is 0 Å². The van der Waals surface area contributed by atoms with Gasteiger partial charge in [-0.25, -0.2) is 0 Å².